The minimum Gasteiger partial charge on any atom is -0.294 e. The lowest BCUT2D eigenvalue weighted by molar-refractivity contribution is 1.11. The molecule has 0 aliphatic heterocycles. The number of nitrogens with zero attached hydrogens (tertiary/aromatic N) is 3. The number of para-hydroxylation sites is 2. The van der Waals surface area contributed by atoms with Crippen LogP contribution in [0.15, 0.2) is 200 Å². The SMILES string of the molecule is c1ccc(-c2cccc(-c3nc(-c4cccc(-c5cccc(-c6ccc7ccccc7c6)c5)c4)nc4c3c3ccccc3n4-c3ccccc3)c2)cc1. The van der Waals surface area contributed by atoms with E-state index in [1.165, 1.54) is 27.5 Å². The van der Waals surface area contributed by atoms with Gasteiger partial charge in [-0.3, -0.25) is 4.57 Å². The van der Waals surface area contributed by atoms with Gasteiger partial charge in [-0.15, -0.1) is 0 Å². The maximum Gasteiger partial charge on any atom is 0.162 e. The van der Waals surface area contributed by atoms with Crippen molar-refractivity contribution in [3.63, 3.8) is 0 Å². The van der Waals surface area contributed by atoms with Gasteiger partial charge in [0.05, 0.1) is 16.6 Å². The van der Waals surface area contributed by atoms with Crippen molar-refractivity contribution < 1.29 is 0 Å². The molecule has 8 aromatic carbocycles. The first-order chi connectivity index (χ1) is 26.3. The van der Waals surface area contributed by atoms with Gasteiger partial charge in [0.1, 0.15) is 5.65 Å². The van der Waals surface area contributed by atoms with Crippen molar-refractivity contribution in [2.45, 2.75) is 0 Å². The summed E-state index contributed by atoms with van der Waals surface area (Å²) >= 11 is 0. The van der Waals surface area contributed by atoms with E-state index in [4.69, 9.17) is 9.97 Å². The van der Waals surface area contributed by atoms with Gasteiger partial charge in [-0.25, -0.2) is 9.97 Å². The molecule has 3 heteroatoms. The molecule has 0 spiro atoms. The fourth-order valence-electron chi connectivity index (χ4n) is 7.59. The number of hydrogen-bond donors (Lipinski definition) is 0. The summed E-state index contributed by atoms with van der Waals surface area (Å²) in [5.74, 6) is 0.685. The summed E-state index contributed by atoms with van der Waals surface area (Å²) in [6.45, 7) is 0. The predicted molar refractivity (Wildman–Crippen MR) is 221 cm³/mol. The molecule has 10 aromatic rings. The van der Waals surface area contributed by atoms with E-state index in [2.05, 4.69) is 205 Å². The zero-order valence-corrected chi connectivity index (χ0v) is 28.9. The highest BCUT2D eigenvalue weighted by molar-refractivity contribution is 6.14. The van der Waals surface area contributed by atoms with Crippen LogP contribution in [-0.4, -0.2) is 14.5 Å². The lowest BCUT2D eigenvalue weighted by atomic mass is 9.96. The predicted octanol–water partition coefficient (Wildman–Crippen LogP) is 13.1. The second-order valence-corrected chi connectivity index (χ2v) is 13.5. The standard InChI is InChI=1S/C50H33N3/c1-3-14-34(15-4-1)37-18-12-22-42(32-37)48-47-45-26-9-10-27-46(45)53(44-24-5-2-6-25-44)50(47)52-49(51-48)43-23-13-21-40(33-43)38-19-11-20-39(31-38)41-29-28-35-16-7-8-17-36(35)30-41/h1-33H. The second-order valence-electron chi connectivity index (χ2n) is 13.5. The summed E-state index contributed by atoms with van der Waals surface area (Å²) in [5.41, 5.74) is 12.9. The van der Waals surface area contributed by atoms with E-state index >= 15 is 0 Å². The van der Waals surface area contributed by atoms with Crippen molar-refractivity contribution in [2.75, 3.05) is 0 Å². The van der Waals surface area contributed by atoms with E-state index in [0.29, 0.717) is 5.82 Å². The lowest BCUT2D eigenvalue weighted by Crippen LogP contribution is -1.99. The molecule has 0 aliphatic carbocycles. The monoisotopic (exact) mass is 675 g/mol. The molecule has 0 radical (unpaired) electrons. The van der Waals surface area contributed by atoms with Crippen LogP contribution >= 0.6 is 0 Å². The summed E-state index contributed by atoms with van der Waals surface area (Å²) in [7, 11) is 0. The van der Waals surface area contributed by atoms with Crippen molar-refractivity contribution in [3.05, 3.63) is 200 Å². The van der Waals surface area contributed by atoms with Crippen LogP contribution in [0.25, 0.3) is 94.4 Å². The Kier molecular flexibility index (Phi) is 7.47. The van der Waals surface area contributed by atoms with Crippen LogP contribution in [0.2, 0.25) is 0 Å². The summed E-state index contributed by atoms with van der Waals surface area (Å²) in [6, 6.07) is 70.9. The van der Waals surface area contributed by atoms with Crippen LogP contribution < -0.4 is 0 Å². The Morgan fingerprint density at radius 3 is 1.62 bits per heavy atom. The largest absolute Gasteiger partial charge is 0.294 e. The Balaban J connectivity index is 1.17. The lowest BCUT2D eigenvalue weighted by Gasteiger charge is -2.12. The molecule has 0 saturated heterocycles. The van der Waals surface area contributed by atoms with Gasteiger partial charge in [0.2, 0.25) is 0 Å². The normalized spacial score (nSPS) is 11.4. The molecule has 0 unspecified atom stereocenters. The Hall–Kier alpha value is -7.10. The van der Waals surface area contributed by atoms with Gasteiger partial charge in [0.25, 0.3) is 0 Å². The van der Waals surface area contributed by atoms with Gasteiger partial charge >= 0.3 is 0 Å². The van der Waals surface area contributed by atoms with Gasteiger partial charge in [-0.2, -0.15) is 0 Å². The summed E-state index contributed by atoms with van der Waals surface area (Å²) in [4.78, 5) is 10.8. The third kappa shape index (κ3) is 5.56. The average Bonchev–Trinajstić information content (AvgIpc) is 3.58. The first-order valence-electron chi connectivity index (χ1n) is 18.0. The Bertz CT molecular complexity index is 2940. The van der Waals surface area contributed by atoms with Crippen LogP contribution in [0.3, 0.4) is 0 Å². The van der Waals surface area contributed by atoms with E-state index in [-0.39, 0.29) is 0 Å². The first-order valence-corrected chi connectivity index (χ1v) is 18.0. The third-order valence-electron chi connectivity index (χ3n) is 10.2. The Labute approximate surface area is 308 Å². The molecule has 248 valence electrons. The maximum absolute atomic E-state index is 5.44. The molecule has 10 rings (SSSR count). The summed E-state index contributed by atoms with van der Waals surface area (Å²) in [6.07, 6.45) is 0. The molecule has 0 aliphatic rings. The fraction of sp³-hybridized carbons (Fsp3) is 0. The fourth-order valence-corrected chi connectivity index (χ4v) is 7.59. The van der Waals surface area contributed by atoms with Crippen LogP contribution in [0, 0.1) is 0 Å². The molecule has 3 nitrogen and oxygen atoms in total. The molecule has 2 aromatic heterocycles. The summed E-state index contributed by atoms with van der Waals surface area (Å²) in [5, 5.41) is 4.65. The highest BCUT2D eigenvalue weighted by atomic mass is 15.1. The van der Waals surface area contributed by atoms with Gasteiger partial charge in [-0.1, -0.05) is 158 Å². The van der Waals surface area contributed by atoms with Gasteiger partial charge in [0.15, 0.2) is 5.82 Å². The van der Waals surface area contributed by atoms with Crippen molar-refractivity contribution in [1.29, 1.82) is 0 Å². The van der Waals surface area contributed by atoms with Crippen molar-refractivity contribution in [2.24, 2.45) is 0 Å². The van der Waals surface area contributed by atoms with E-state index < -0.39 is 0 Å². The zero-order chi connectivity index (χ0) is 35.1. The number of fused-ring (bicyclic) bond motifs is 4. The number of rotatable bonds is 6. The van der Waals surface area contributed by atoms with Crippen LogP contribution in [0.5, 0.6) is 0 Å². The van der Waals surface area contributed by atoms with Crippen molar-refractivity contribution in [1.82, 2.24) is 14.5 Å². The minimum atomic E-state index is 0.685. The number of benzene rings is 8. The van der Waals surface area contributed by atoms with Crippen LogP contribution in [0.4, 0.5) is 0 Å². The zero-order valence-electron chi connectivity index (χ0n) is 28.9. The van der Waals surface area contributed by atoms with Crippen LogP contribution in [0.1, 0.15) is 0 Å². The van der Waals surface area contributed by atoms with Gasteiger partial charge in [0, 0.05) is 22.2 Å². The minimum absolute atomic E-state index is 0.685. The molecule has 0 N–H and O–H groups in total. The second kappa shape index (κ2) is 12.9. The molecule has 2 heterocycles. The van der Waals surface area contributed by atoms with Crippen molar-refractivity contribution >= 4 is 32.7 Å². The average molecular weight is 676 g/mol. The van der Waals surface area contributed by atoms with E-state index in [9.17, 15) is 0 Å². The highest BCUT2D eigenvalue weighted by Crippen LogP contribution is 2.39. The number of hydrogen-bond acceptors (Lipinski definition) is 2. The first kappa shape index (κ1) is 30.7. The van der Waals surface area contributed by atoms with E-state index in [1.54, 1.807) is 0 Å². The van der Waals surface area contributed by atoms with Gasteiger partial charge in [-0.05, 0) is 86.6 Å². The smallest absolute Gasteiger partial charge is 0.162 e. The number of aromatic nitrogens is 3. The Morgan fingerprint density at radius 2 is 0.868 bits per heavy atom. The molecule has 0 fully saturated rings. The van der Waals surface area contributed by atoms with Gasteiger partial charge < -0.3 is 0 Å². The molecule has 0 bridgehead atoms. The highest BCUT2D eigenvalue weighted by Gasteiger charge is 2.21. The maximum atomic E-state index is 5.44. The van der Waals surface area contributed by atoms with E-state index in [1.807, 2.05) is 0 Å². The van der Waals surface area contributed by atoms with E-state index in [0.717, 1.165) is 61.1 Å². The quantitative estimate of drug-likeness (QED) is 0.176. The van der Waals surface area contributed by atoms with Crippen LogP contribution in [-0.2, 0) is 0 Å². The molecule has 0 amide bonds. The molecule has 0 saturated carbocycles. The molecular weight excluding hydrogens is 643 g/mol. The topological polar surface area (TPSA) is 30.7 Å². The summed E-state index contributed by atoms with van der Waals surface area (Å²) < 4.78 is 2.28. The molecular formula is C50H33N3. The molecule has 53 heavy (non-hydrogen) atoms. The van der Waals surface area contributed by atoms with Crippen molar-refractivity contribution in [3.8, 4) is 61.7 Å². The Morgan fingerprint density at radius 1 is 0.340 bits per heavy atom. The molecule has 0 atom stereocenters. The third-order valence-corrected chi connectivity index (χ3v) is 10.2.